The van der Waals surface area contributed by atoms with E-state index in [1.54, 1.807) is 43.3 Å². The molecule has 104 valence electrons. The molecule has 0 aliphatic carbocycles. The molecule has 0 bridgehead atoms. The molecule has 0 heterocycles. The number of carbonyl (C=O) groups is 1. The number of hydrogen-bond donors (Lipinski definition) is 0. The highest BCUT2D eigenvalue weighted by Crippen LogP contribution is 2.17. The zero-order valence-electron chi connectivity index (χ0n) is 11.3. The summed E-state index contributed by atoms with van der Waals surface area (Å²) in [5.74, 6) is -0.138. The van der Waals surface area contributed by atoms with E-state index in [0.717, 1.165) is 5.56 Å². The fourth-order valence-electron chi connectivity index (χ4n) is 1.82. The summed E-state index contributed by atoms with van der Waals surface area (Å²) in [7, 11) is -1.35. The van der Waals surface area contributed by atoms with Crippen molar-refractivity contribution in [1.82, 2.24) is 0 Å². The number of benzene rings is 2. The van der Waals surface area contributed by atoms with Crippen LogP contribution in [0.15, 0.2) is 53.4 Å². The molecule has 4 heteroatoms. The van der Waals surface area contributed by atoms with Crippen LogP contribution in [-0.2, 0) is 10.8 Å². The summed E-state index contributed by atoms with van der Waals surface area (Å²) >= 11 is 5.80. The molecule has 0 saturated heterocycles. The molecule has 0 aliphatic rings. The molecule has 0 aromatic heterocycles. The van der Waals surface area contributed by atoms with E-state index in [2.05, 4.69) is 0 Å². The topological polar surface area (TPSA) is 34.1 Å². The Kier molecular flexibility index (Phi) is 4.73. The van der Waals surface area contributed by atoms with Gasteiger partial charge in [0.2, 0.25) is 0 Å². The largest absolute Gasteiger partial charge is 0.293 e. The fourth-order valence-corrected chi connectivity index (χ4v) is 3.09. The van der Waals surface area contributed by atoms with Crippen LogP contribution in [0.4, 0.5) is 0 Å². The Hall–Kier alpha value is -1.45. The fraction of sp³-hybridized carbons (Fsp3) is 0.188. The second-order valence-corrected chi connectivity index (χ2v) is 6.83. The number of rotatable bonds is 4. The van der Waals surface area contributed by atoms with Gasteiger partial charge in [-0.05, 0) is 50.2 Å². The monoisotopic (exact) mass is 306 g/mol. The molecule has 2 unspecified atom stereocenters. The van der Waals surface area contributed by atoms with Gasteiger partial charge in [0.05, 0.1) is 16.0 Å². The van der Waals surface area contributed by atoms with E-state index in [4.69, 9.17) is 11.6 Å². The average molecular weight is 307 g/mol. The minimum absolute atomic E-state index is 0.138. The third kappa shape index (κ3) is 3.35. The molecule has 20 heavy (non-hydrogen) atoms. The van der Waals surface area contributed by atoms with E-state index in [1.807, 2.05) is 19.1 Å². The summed E-state index contributed by atoms with van der Waals surface area (Å²) in [5.41, 5.74) is 1.63. The Morgan fingerprint density at radius 1 is 1.05 bits per heavy atom. The average Bonchev–Trinajstić information content (AvgIpc) is 2.46. The van der Waals surface area contributed by atoms with Gasteiger partial charge in [0, 0.05) is 15.5 Å². The number of carbonyl (C=O) groups excluding carboxylic acids is 1. The zero-order valence-corrected chi connectivity index (χ0v) is 12.9. The Balaban J connectivity index is 2.20. The van der Waals surface area contributed by atoms with Gasteiger partial charge < -0.3 is 0 Å². The molecule has 0 saturated carbocycles. The molecular formula is C16H15ClO2S. The van der Waals surface area contributed by atoms with Gasteiger partial charge in [-0.15, -0.1) is 0 Å². The van der Waals surface area contributed by atoms with E-state index < -0.39 is 16.0 Å². The molecule has 2 atom stereocenters. The number of halogens is 1. The lowest BCUT2D eigenvalue weighted by Crippen LogP contribution is -2.22. The van der Waals surface area contributed by atoms with E-state index in [-0.39, 0.29) is 5.78 Å². The number of Topliss-reactive ketones (excluding diaryl/α,β-unsaturated/α-hetero) is 1. The summed E-state index contributed by atoms with van der Waals surface area (Å²) < 4.78 is 12.4. The van der Waals surface area contributed by atoms with E-state index in [9.17, 15) is 9.00 Å². The van der Waals surface area contributed by atoms with Gasteiger partial charge in [-0.3, -0.25) is 9.00 Å². The number of hydrogen-bond acceptors (Lipinski definition) is 2. The summed E-state index contributed by atoms with van der Waals surface area (Å²) in [4.78, 5) is 13.0. The molecule has 0 radical (unpaired) electrons. The van der Waals surface area contributed by atoms with Crippen molar-refractivity contribution in [3.63, 3.8) is 0 Å². The molecule has 2 nitrogen and oxygen atoms in total. The van der Waals surface area contributed by atoms with Crippen molar-refractivity contribution in [2.75, 3.05) is 0 Å². The van der Waals surface area contributed by atoms with Crippen LogP contribution in [0.2, 0.25) is 5.02 Å². The molecule has 2 aromatic rings. The predicted octanol–water partition coefficient (Wildman–Crippen LogP) is 4.03. The highest BCUT2D eigenvalue weighted by atomic mass is 35.5. The quantitative estimate of drug-likeness (QED) is 0.799. The maximum absolute atomic E-state index is 12.4. The normalized spacial score (nSPS) is 13.8. The van der Waals surface area contributed by atoms with E-state index >= 15 is 0 Å². The van der Waals surface area contributed by atoms with E-state index in [1.165, 1.54) is 0 Å². The van der Waals surface area contributed by atoms with Crippen LogP contribution in [0.25, 0.3) is 0 Å². The van der Waals surface area contributed by atoms with Crippen LogP contribution in [0, 0.1) is 6.92 Å². The Morgan fingerprint density at radius 2 is 1.60 bits per heavy atom. The van der Waals surface area contributed by atoms with Crippen LogP contribution in [0.3, 0.4) is 0 Å². The van der Waals surface area contributed by atoms with Gasteiger partial charge in [-0.1, -0.05) is 29.3 Å². The SMILES string of the molecule is Cc1ccc(S(=O)C(C)C(=O)c2ccc(Cl)cc2)cc1. The first-order chi connectivity index (χ1) is 9.49. The molecule has 2 aromatic carbocycles. The predicted molar refractivity (Wildman–Crippen MR) is 82.8 cm³/mol. The lowest BCUT2D eigenvalue weighted by atomic mass is 10.1. The van der Waals surface area contributed by atoms with E-state index in [0.29, 0.717) is 15.5 Å². The lowest BCUT2D eigenvalue weighted by molar-refractivity contribution is 0.0992. The summed E-state index contributed by atoms with van der Waals surface area (Å²) in [5, 5.41) is -0.00672. The molecule has 0 amide bonds. The molecular weight excluding hydrogens is 292 g/mol. The number of aryl methyl sites for hydroxylation is 1. The maximum Gasteiger partial charge on any atom is 0.178 e. The summed E-state index contributed by atoms with van der Waals surface area (Å²) in [6.07, 6.45) is 0. The van der Waals surface area contributed by atoms with Crippen molar-refractivity contribution in [3.8, 4) is 0 Å². The standard InChI is InChI=1S/C16H15ClO2S/c1-11-3-9-15(10-4-11)20(19)12(2)16(18)13-5-7-14(17)8-6-13/h3-10,12H,1-2H3. The van der Waals surface area contributed by atoms with Crippen LogP contribution in [0.5, 0.6) is 0 Å². The third-order valence-corrected chi connectivity index (χ3v) is 4.92. The summed E-state index contributed by atoms with van der Waals surface area (Å²) in [6.45, 7) is 3.65. The van der Waals surface area contributed by atoms with Gasteiger partial charge >= 0.3 is 0 Å². The minimum atomic E-state index is -1.35. The van der Waals surface area contributed by atoms with Gasteiger partial charge in [-0.2, -0.15) is 0 Å². The first kappa shape index (κ1) is 14.9. The van der Waals surface area contributed by atoms with Gasteiger partial charge in [0.15, 0.2) is 5.78 Å². The maximum atomic E-state index is 12.4. The summed E-state index contributed by atoms with van der Waals surface area (Å²) in [6, 6.07) is 14.0. The van der Waals surface area contributed by atoms with Crippen LogP contribution in [-0.4, -0.2) is 15.2 Å². The third-order valence-electron chi connectivity index (χ3n) is 3.07. The van der Waals surface area contributed by atoms with Crippen molar-refractivity contribution in [2.45, 2.75) is 24.0 Å². The van der Waals surface area contributed by atoms with Crippen LogP contribution in [0.1, 0.15) is 22.8 Å². The van der Waals surface area contributed by atoms with Gasteiger partial charge in [-0.25, -0.2) is 0 Å². The van der Waals surface area contributed by atoms with Crippen molar-refractivity contribution in [3.05, 3.63) is 64.7 Å². The lowest BCUT2D eigenvalue weighted by Gasteiger charge is -2.11. The van der Waals surface area contributed by atoms with Gasteiger partial charge in [0.25, 0.3) is 0 Å². The molecule has 0 fully saturated rings. The second-order valence-electron chi connectivity index (χ2n) is 4.62. The smallest absolute Gasteiger partial charge is 0.178 e. The second kappa shape index (κ2) is 6.33. The molecule has 0 spiro atoms. The van der Waals surface area contributed by atoms with Gasteiger partial charge in [0.1, 0.15) is 0 Å². The van der Waals surface area contributed by atoms with Crippen LogP contribution >= 0.6 is 11.6 Å². The Bertz CT molecular complexity index is 575. The number of ketones is 1. The highest BCUT2D eigenvalue weighted by Gasteiger charge is 2.22. The molecule has 0 N–H and O–H groups in total. The first-order valence-electron chi connectivity index (χ1n) is 6.26. The Labute approximate surface area is 126 Å². The van der Waals surface area contributed by atoms with Crippen LogP contribution < -0.4 is 0 Å². The minimum Gasteiger partial charge on any atom is -0.293 e. The molecule has 0 aliphatic heterocycles. The van der Waals surface area contributed by atoms with Crippen molar-refractivity contribution >= 4 is 28.2 Å². The Morgan fingerprint density at radius 3 is 2.15 bits per heavy atom. The zero-order chi connectivity index (χ0) is 14.7. The van der Waals surface area contributed by atoms with Crippen molar-refractivity contribution < 1.29 is 9.00 Å². The van der Waals surface area contributed by atoms with Crippen molar-refractivity contribution in [1.29, 1.82) is 0 Å². The van der Waals surface area contributed by atoms with Crippen molar-refractivity contribution in [2.24, 2.45) is 0 Å². The molecule has 2 rings (SSSR count). The first-order valence-corrected chi connectivity index (χ1v) is 7.85. The highest BCUT2D eigenvalue weighted by molar-refractivity contribution is 7.86.